The first-order chi connectivity index (χ1) is 14.8. The van der Waals surface area contributed by atoms with Crippen LogP contribution in [0.25, 0.3) is 33.3 Å². The van der Waals surface area contributed by atoms with Gasteiger partial charge < -0.3 is 0 Å². The lowest BCUT2D eigenvalue weighted by Gasteiger charge is -2.22. The molecule has 5 rings (SSSR count). The lowest BCUT2D eigenvalue weighted by atomic mass is 9.82. The number of aromatic nitrogens is 1. The fourth-order valence-corrected chi connectivity index (χ4v) is 5.27. The van der Waals surface area contributed by atoms with Crippen LogP contribution in [0.4, 0.5) is 0 Å². The summed E-state index contributed by atoms with van der Waals surface area (Å²) in [4.78, 5) is 5.22. The van der Waals surface area contributed by atoms with Crippen molar-refractivity contribution in [1.29, 1.82) is 0 Å². The first-order valence-electron chi connectivity index (χ1n) is 11.4. The van der Waals surface area contributed by atoms with E-state index in [0.29, 0.717) is 5.92 Å². The van der Waals surface area contributed by atoms with E-state index in [1.807, 2.05) is 0 Å². The van der Waals surface area contributed by atoms with Crippen LogP contribution in [0.15, 0.2) is 60.7 Å². The third kappa shape index (κ3) is 3.10. The van der Waals surface area contributed by atoms with Crippen LogP contribution in [0.3, 0.4) is 0 Å². The minimum absolute atomic E-state index is 0.00470. The number of benzene rings is 3. The smallest absolute Gasteiger partial charge is 0.0715 e. The zero-order valence-electron chi connectivity index (χ0n) is 19.5. The molecular formula is C30H31N. The van der Waals surface area contributed by atoms with Crippen molar-refractivity contribution in [3.8, 4) is 22.4 Å². The molecule has 156 valence electrons. The van der Waals surface area contributed by atoms with Crippen LogP contribution in [-0.4, -0.2) is 4.98 Å². The van der Waals surface area contributed by atoms with Gasteiger partial charge in [-0.05, 0) is 83.3 Å². The number of pyridine rings is 1. The third-order valence-electron chi connectivity index (χ3n) is 7.11. The van der Waals surface area contributed by atoms with E-state index >= 15 is 0 Å². The molecule has 0 saturated heterocycles. The first-order valence-corrected chi connectivity index (χ1v) is 11.4. The number of hydrogen-bond acceptors (Lipinski definition) is 1. The molecule has 0 unspecified atom stereocenters. The molecule has 1 heterocycles. The van der Waals surface area contributed by atoms with Gasteiger partial charge in [0.2, 0.25) is 0 Å². The second-order valence-corrected chi connectivity index (χ2v) is 10.1. The quantitative estimate of drug-likeness (QED) is 0.336. The average Bonchev–Trinajstić information content (AvgIpc) is 2.95. The van der Waals surface area contributed by atoms with E-state index in [-0.39, 0.29) is 5.41 Å². The second kappa shape index (κ2) is 7.05. The molecule has 1 aliphatic carbocycles. The molecule has 1 aliphatic rings. The van der Waals surface area contributed by atoms with E-state index in [4.69, 9.17) is 4.98 Å². The maximum Gasteiger partial charge on any atom is 0.0715 e. The number of nitrogens with zero attached hydrogens (tertiary/aromatic N) is 1. The fraction of sp³-hybridized carbons (Fsp3) is 0.300. The van der Waals surface area contributed by atoms with Crippen molar-refractivity contribution in [2.24, 2.45) is 5.92 Å². The van der Waals surface area contributed by atoms with Crippen molar-refractivity contribution in [1.82, 2.24) is 4.98 Å². The van der Waals surface area contributed by atoms with Crippen LogP contribution < -0.4 is 0 Å². The van der Waals surface area contributed by atoms with Gasteiger partial charge in [-0.3, -0.25) is 0 Å². The predicted octanol–water partition coefficient (Wildman–Crippen LogP) is 8.02. The molecular weight excluding hydrogens is 374 g/mol. The minimum Gasteiger partial charge on any atom is -0.248 e. The van der Waals surface area contributed by atoms with Crippen molar-refractivity contribution < 1.29 is 0 Å². The Balaban J connectivity index is 1.81. The predicted molar refractivity (Wildman–Crippen MR) is 133 cm³/mol. The summed E-state index contributed by atoms with van der Waals surface area (Å²) >= 11 is 0. The molecule has 0 saturated carbocycles. The molecule has 0 spiro atoms. The Labute approximate surface area is 186 Å². The Bertz CT molecular complexity index is 1320. The summed E-state index contributed by atoms with van der Waals surface area (Å²) in [6.45, 7) is 13.7. The molecule has 1 nitrogen and oxygen atoms in total. The molecule has 0 fully saturated rings. The average molecular weight is 406 g/mol. The zero-order chi connectivity index (χ0) is 21.9. The largest absolute Gasteiger partial charge is 0.248 e. The lowest BCUT2D eigenvalue weighted by Crippen LogP contribution is -2.15. The second-order valence-electron chi connectivity index (χ2n) is 10.1. The van der Waals surface area contributed by atoms with Gasteiger partial charge in [-0.25, -0.2) is 4.98 Å². The normalized spacial score (nSPS) is 14.2. The van der Waals surface area contributed by atoms with E-state index < -0.39 is 0 Å². The highest BCUT2D eigenvalue weighted by Crippen LogP contribution is 2.50. The Morgan fingerprint density at radius 1 is 0.806 bits per heavy atom. The summed E-state index contributed by atoms with van der Waals surface area (Å²) in [6.07, 6.45) is 1.06. The zero-order valence-corrected chi connectivity index (χ0v) is 19.5. The van der Waals surface area contributed by atoms with E-state index in [1.165, 1.54) is 49.9 Å². The highest BCUT2D eigenvalue weighted by atomic mass is 14.7. The molecule has 0 N–H and O–H groups in total. The number of rotatable bonds is 3. The van der Waals surface area contributed by atoms with Crippen LogP contribution in [0.5, 0.6) is 0 Å². The Morgan fingerprint density at radius 2 is 1.55 bits per heavy atom. The first kappa shape index (κ1) is 20.0. The Hall–Kier alpha value is -2.93. The van der Waals surface area contributed by atoms with Crippen molar-refractivity contribution in [2.75, 3.05) is 0 Å². The van der Waals surface area contributed by atoms with E-state index in [2.05, 4.69) is 102 Å². The summed E-state index contributed by atoms with van der Waals surface area (Å²) in [5.74, 6) is 0.592. The van der Waals surface area contributed by atoms with Crippen LogP contribution in [-0.2, 0) is 11.8 Å². The van der Waals surface area contributed by atoms with E-state index in [9.17, 15) is 0 Å². The van der Waals surface area contributed by atoms with Crippen LogP contribution in [0.2, 0.25) is 0 Å². The van der Waals surface area contributed by atoms with Crippen LogP contribution in [0.1, 0.15) is 55.5 Å². The number of aryl methyl sites for hydroxylation is 1. The van der Waals surface area contributed by atoms with Crippen molar-refractivity contribution in [3.05, 3.63) is 88.5 Å². The maximum absolute atomic E-state index is 5.22. The van der Waals surface area contributed by atoms with Gasteiger partial charge in [-0.15, -0.1) is 0 Å². The Kier molecular flexibility index (Phi) is 4.55. The third-order valence-corrected chi connectivity index (χ3v) is 7.11. The molecule has 0 atom stereocenters. The molecule has 1 aromatic heterocycles. The molecule has 0 radical (unpaired) electrons. The molecule has 31 heavy (non-hydrogen) atoms. The van der Waals surface area contributed by atoms with Gasteiger partial charge in [0, 0.05) is 16.4 Å². The molecule has 0 aliphatic heterocycles. The fourth-order valence-electron chi connectivity index (χ4n) is 5.27. The summed E-state index contributed by atoms with van der Waals surface area (Å²) in [6, 6.07) is 22.5. The van der Waals surface area contributed by atoms with Gasteiger partial charge in [0.1, 0.15) is 0 Å². The molecule has 0 amide bonds. The monoisotopic (exact) mass is 405 g/mol. The van der Waals surface area contributed by atoms with Crippen molar-refractivity contribution in [3.63, 3.8) is 0 Å². The summed E-state index contributed by atoms with van der Waals surface area (Å²) in [5, 5.41) is 1.30. The standard InChI is InChI=1S/C30H31N/c1-18(2)14-21-15-28(22-12-9-10-19(3)20(22)4)31-29-17-27-25(16-24(21)29)23-11-7-8-13-26(23)30(27,5)6/h7-13,15-18H,14H2,1-6H3. The highest BCUT2D eigenvalue weighted by molar-refractivity contribution is 5.94. The highest BCUT2D eigenvalue weighted by Gasteiger charge is 2.35. The van der Waals surface area contributed by atoms with Gasteiger partial charge in [0.15, 0.2) is 0 Å². The summed E-state index contributed by atoms with van der Waals surface area (Å²) < 4.78 is 0. The lowest BCUT2D eigenvalue weighted by molar-refractivity contribution is 0.649. The Morgan fingerprint density at radius 3 is 2.32 bits per heavy atom. The van der Waals surface area contributed by atoms with Crippen molar-refractivity contribution in [2.45, 2.75) is 53.4 Å². The van der Waals surface area contributed by atoms with Gasteiger partial charge in [0.25, 0.3) is 0 Å². The number of fused-ring (bicyclic) bond motifs is 4. The molecule has 4 aromatic rings. The maximum atomic E-state index is 5.22. The SMILES string of the molecule is Cc1cccc(-c2cc(CC(C)C)c3cc4c(cc3n2)C(C)(C)c2ccccc2-4)c1C. The van der Waals surface area contributed by atoms with E-state index in [0.717, 1.165) is 17.6 Å². The molecule has 0 bridgehead atoms. The van der Waals surface area contributed by atoms with Gasteiger partial charge in [-0.1, -0.05) is 70.2 Å². The minimum atomic E-state index is -0.00470. The van der Waals surface area contributed by atoms with Gasteiger partial charge >= 0.3 is 0 Å². The van der Waals surface area contributed by atoms with Crippen LogP contribution >= 0.6 is 0 Å². The molecule has 1 heteroatoms. The van der Waals surface area contributed by atoms with E-state index in [1.54, 1.807) is 0 Å². The topological polar surface area (TPSA) is 12.9 Å². The number of hydrogen-bond donors (Lipinski definition) is 0. The molecule has 3 aromatic carbocycles. The van der Waals surface area contributed by atoms with Gasteiger partial charge in [-0.2, -0.15) is 0 Å². The summed E-state index contributed by atoms with van der Waals surface area (Å²) in [5.41, 5.74) is 13.0. The summed E-state index contributed by atoms with van der Waals surface area (Å²) in [7, 11) is 0. The van der Waals surface area contributed by atoms with Gasteiger partial charge in [0.05, 0.1) is 11.2 Å². The van der Waals surface area contributed by atoms with Crippen molar-refractivity contribution >= 4 is 10.9 Å². The van der Waals surface area contributed by atoms with Crippen LogP contribution in [0, 0.1) is 19.8 Å².